The van der Waals surface area contributed by atoms with Gasteiger partial charge in [0.15, 0.2) is 0 Å². The van der Waals surface area contributed by atoms with Gasteiger partial charge in [-0.1, -0.05) is 78.4 Å². The van der Waals surface area contributed by atoms with Crippen LogP contribution in [-0.4, -0.2) is 11.9 Å². The first kappa shape index (κ1) is 25.4. The number of carbonyl (C=O) groups excluding carboxylic acids is 2. The zero-order valence-electron chi connectivity index (χ0n) is 14.7. The van der Waals surface area contributed by atoms with E-state index in [0.29, 0.717) is 0 Å². The highest BCUT2D eigenvalue weighted by atomic mass is 16.4. The van der Waals surface area contributed by atoms with Crippen molar-refractivity contribution in [3.05, 3.63) is 24.3 Å². The maximum absolute atomic E-state index is 9.49. The van der Waals surface area contributed by atoms with Crippen molar-refractivity contribution >= 4 is 11.9 Å². The van der Waals surface area contributed by atoms with Crippen LogP contribution in [0.4, 0.5) is 0 Å². The van der Waals surface area contributed by atoms with E-state index in [2.05, 4.69) is 27.0 Å². The van der Waals surface area contributed by atoms with Gasteiger partial charge in [0.05, 0.1) is 11.9 Å². The molecule has 0 saturated carbocycles. The van der Waals surface area contributed by atoms with Gasteiger partial charge >= 0.3 is 0 Å². The van der Waals surface area contributed by atoms with Gasteiger partial charge in [-0.25, -0.2) is 0 Å². The average molecular weight is 312 g/mol. The maximum atomic E-state index is 9.49. The molecule has 0 aromatic carbocycles. The van der Waals surface area contributed by atoms with Crippen LogP contribution in [0, 0.1) is 0 Å². The Kier molecular flexibility index (Phi) is 22.4. The second kappa shape index (κ2) is 19.4. The molecular formula is C18H32O4-2. The molecule has 0 bridgehead atoms. The molecule has 130 valence electrons. The zero-order chi connectivity index (χ0) is 18.0. The first-order chi connectivity index (χ1) is 10.2. The predicted molar refractivity (Wildman–Crippen MR) is 87.9 cm³/mol. The lowest BCUT2D eigenvalue weighted by molar-refractivity contribution is -0.300. The monoisotopic (exact) mass is 312 g/mol. The fourth-order valence-corrected chi connectivity index (χ4v) is 1.21. The van der Waals surface area contributed by atoms with E-state index in [1.54, 1.807) is 0 Å². The molecule has 0 atom stereocenters. The lowest BCUT2D eigenvalue weighted by Gasteiger charge is -1.97. The lowest BCUT2D eigenvalue weighted by Crippen LogP contribution is -2.22. The number of rotatable bonds is 9. The molecule has 0 heterocycles. The number of aliphatic carboxylic acids is 2. The van der Waals surface area contributed by atoms with E-state index in [9.17, 15) is 19.8 Å². The quantitative estimate of drug-likeness (QED) is 0.484. The normalized spacial score (nSPS) is 8.73. The maximum Gasteiger partial charge on any atom is 0.0666 e. The SMILES string of the molecule is C=C(C)C(=O)[O-].C=C(C)C(=O)[O-].CCCCCCCCCC. The molecule has 22 heavy (non-hydrogen) atoms. The molecule has 0 amide bonds. The van der Waals surface area contributed by atoms with Gasteiger partial charge in [0, 0.05) is 0 Å². The van der Waals surface area contributed by atoms with Gasteiger partial charge in [-0.05, 0) is 25.0 Å². The van der Waals surface area contributed by atoms with Crippen molar-refractivity contribution in [2.24, 2.45) is 0 Å². The van der Waals surface area contributed by atoms with Gasteiger partial charge in [-0.2, -0.15) is 0 Å². The van der Waals surface area contributed by atoms with E-state index in [1.807, 2.05) is 0 Å². The van der Waals surface area contributed by atoms with Crippen LogP contribution in [-0.2, 0) is 9.59 Å². The molecule has 0 aliphatic heterocycles. The molecule has 0 radical (unpaired) electrons. The van der Waals surface area contributed by atoms with Crippen LogP contribution in [0.1, 0.15) is 79.1 Å². The average Bonchev–Trinajstić information content (AvgIpc) is 2.44. The van der Waals surface area contributed by atoms with E-state index in [0.717, 1.165) is 0 Å². The van der Waals surface area contributed by atoms with Crippen molar-refractivity contribution in [2.45, 2.75) is 79.1 Å². The molecule has 0 fully saturated rings. The Morgan fingerprint density at radius 1 is 0.682 bits per heavy atom. The molecule has 0 unspecified atom stereocenters. The highest BCUT2D eigenvalue weighted by Crippen LogP contribution is 2.07. The first-order valence-electron chi connectivity index (χ1n) is 7.94. The van der Waals surface area contributed by atoms with Gasteiger partial charge in [0.1, 0.15) is 0 Å². The highest BCUT2D eigenvalue weighted by molar-refractivity contribution is 5.83. The summed E-state index contributed by atoms with van der Waals surface area (Å²) >= 11 is 0. The van der Waals surface area contributed by atoms with Gasteiger partial charge in [-0.15, -0.1) is 0 Å². The Morgan fingerprint density at radius 3 is 1.00 bits per heavy atom. The van der Waals surface area contributed by atoms with E-state index in [1.165, 1.54) is 65.2 Å². The fraction of sp³-hybridized carbons (Fsp3) is 0.667. The molecule has 4 heteroatoms. The summed E-state index contributed by atoms with van der Waals surface area (Å²) in [6, 6.07) is 0. The smallest absolute Gasteiger partial charge is 0.0666 e. The van der Waals surface area contributed by atoms with E-state index < -0.39 is 11.9 Å². The van der Waals surface area contributed by atoms with Crippen LogP contribution < -0.4 is 10.2 Å². The molecule has 4 nitrogen and oxygen atoms in total. The number of carboxylic acid groups (broad SMARTS) is 2. The number of hydrogen-bond acceptors (Lipinski definition) is 4. The van der Waals surface area contributed by atoms with Crippen LogP contribution in [0.25, 0.3) is 0 Å². The fourth-order valence-electron chi connectivity index (χ4n) is 1.21. The Morgan fingerprint density at radius 2 is 0.864 bits per heavy atom. The Balaban J connectivity index is -0.000000261. The third-order valence-corrected chi connectivity index (χ3v) is 2.65. The minimum atomic E-state index is -1.19. The minimum absolute atomic E-state index is 0.0648. The van der Waals surface area contributed by atoms with Gasteiger partial charge in [-0.3, -0.25) is 0 Å². The van der Waals surface area contributed by atoms with Crippen molar-refractivity contribution in [3.63, 3.8) is 0 Å². The third kappa shape index (κ3) is 31.0. The predicted octanol–water partition coefficient (Wildman–Crippen LogP) is 2.77. The molecule has 0 saturated heterocycles. The van der Waals surface area contributed by atoms with Crippen molar-refractivity contribution in [1.29, 1.82) is 0 Å². The lowest BCUT2D eigenvalue weighted by atomic mass is 10.1. The van der Waals surface area contributed by atoms with Crippen LogP contribution >= 0.6 is 0 Å². The summed E-state index contributed by atoms with van der Waals surface area (Å²) < 4.78 is 0. The van der Waals surface area contributed by atoms with Crippen LogP contribution in [0.2, 0.25) is 0 Å². The number of carboxylic acids is 2. The van der Waals surface area contributed by atoms with Gasteiger partial charge < -0.3 is 19.8 Å². The van der Waals surface area contributed by atoms with E-state index >= 15 is 0 Å². The Hall–Kier alpha value is -1.58. The van der Waals surface area contributed by atoms with Crippen molar-refractivity contribution in [3.8, 4) is 0 Å². The van der Waals surface area contributed by atoms with Crippen molar-refractivity contribution < 1.29 is 19.8 Å². The van der Waals surface area contributed by atoms with Gasteiger partial charge in [0.25, 0.3) is 0 Å². The van der Waals surface area contributed by atoms with E-state index in [4.69, 9.17) is 0 Å². The zero-order valence-corrected chi connectivity index (χ0v) is 14.7. The topological polar surface area (TPSA) is 80.3 Å². The molecular weight excluding hydrogens is 280 g/mol. The Labute approximate surface area is 135 Å². The van der Waals surface area contributed by atoms with Gasteiger partial charge in [0.2, 0.25) is 0 Å². The van der Waals surface area contributed by atoms with Crippen molar-refractivity contribution in [2.75, 3.05) is 0 Å². The van der Waals surface area contributed by atoms with Crippen LogP contribution in [0.5, 0.6) is 0 Å². The van der Waals surface area contributed by atoms with Crippen LogP contribution in [0.15, 0.2) is 24.3 Å². The molecule has 0 N–H and O–H groups in total. The summed E-state index contributed by atoms with van der Waals surface area (Å²) in [7, 11) is 0. The summed E-state index contributed by atoms with van der Waals surface area (Å²) in [5, 5.41) is 19.0. The summed E-state index contributed by atoms with van der Waals surface area (Å²) in [6.45, 7) is 13.5. The van der Waals surface area contributed by atoms with E-state index in [-0.39, 0.29) is 11.1 Å². The number of unbranched alkanes of at least 4 members (excludes halogenated alkanes) is 7. The Bertz CT molecular complexity index is 263. The molecule has 0 aliphatic rings. The molecule has 0 aromatic heterocycles. The second-order valence-corrected chi connectivity index (χ2v) is 5.26. The molecule has 0 aliphatic carbocycles. The number of hydrogen-bond donors (Lipinski definition) is 0. The minimum Gasteiger partial charge on any atom is -0.545 e. The third-order valence-electron chi connectivity index (χ3n) is 2.65. The summed E-state index contributed by atoms with van der Waals surface area (Å²) in [6.07, 6.45) is 11.5. The van der Waals surface area contributed by atoms with Crippen molar-refractivity contribution in [1.82, 2.24) is 0 Å². The summed E-state index contributed by atoms with van der Waals surface area (Å²) in [4.78, 5) is 19.0. The number of carbonyl (C=O) groups is 2. The molecule has 0 spiro atoms. The molecule has 0 rings (SSSR count). The largest absolute Gasteiger partial charge is 0.545 e. The molecule has 0 aromatic rings. The highest BCUT2D eigenvalue weighted by Gasteiger charge is 1.87. The summed E-state index contributed by atoms with van der Waals surface area (Å²) in [5.74, 6) is -2.37. The second-order valence-electron chi connectivity index (χ2n) is 5.26. The standard InChI is InChI=1S/C10H22.2C4H6O2/c1-3-5-7-9-10-8-6-4-2;2*1-3(2)4(5)6/h3-10H2,1-2H3;2*1H2,2H3,(H,5,6)/p-2. The van der Waals surface area contributed by atoms with Crippen LogP contribution in [0.3, 0.4) is 0 Å². The summed E-state index contributed by atoms with van der Waals surface area (Å²) in [5.41, 5.74) is 0.130. The first-order valence-corrected chi connectivity index (χ1v) is 7.94.